The number of carbonyl (C=O) groups is 2. The zero-order valence-electron chi connectivity index (χ0n) is 15.6. The van der Waals surface area contributed by atoms with Gasteiger partial charge in [0.1, 0.15) is 5.75 Å². The van der Waals surface area contributed by atoms with Crippen LogP contribution in [-0.4, -0.2) is 42.2 Å². The lowest BCUT2D eigenvalue weighted by atomic mass is 10.1. The molecule has 0 bridgehead atoms. The first-order valence-corrected chi connectivity index (χ1v) is 8.74. The van der Waals surface area contributed by atoms with E-state index in [9.17, 15) is 9.59 Å². The summed E-state index contributed by atoms with van der Waals surface area (Å²) in [6.45, 7) is 0.704. The van der Waals surface area contributed by atoms with Crippen LogP contribution in [0, 0.1) is 0 Å². The average molecular weight is 396 g/mol. The van der Waals surface area contributed by atoms with Crippen LogP contribution >= 0.6 is 0 Å². The highest BCUT2D eigenvalue weighted by molar-refractivity contribution is 5.95. The van der Waals surface area contributed by atoms with E-state index in [4.69, 9.17) is 20.0 Å². The van der Waals surface area contributed by atoms with E-state index in [-0.39, 0.29) is 17.5 Å². The number of nitrogens with two attached hydrogens (primary N) is 1. The predicted octanol–water partition coefficient (Wildman–Crippen LogP) is 2.48. The van der Waals surface area contributed by atoms with Gasteiger partial charge in [-0.3, -0.25) is 4.79 Å². The third-order valence-electron chi connectivity index (χ3n) is 4.01. The molecule has 3 aromatic rings. The van der Waals surface area contributed by atoms with E-state index in [2.05, 4.69) is 15.6 Å². The molecule has 0 radical (unpaired) electrons. The highest BCUT2D eigenvalue weighted by Crippen LogP contribution is 2.27. The minimum absolute atomic E-state index is 0.184. The first kappa shape index (κ1) is 19.9. The summed E-state index contributed by atoms with van der Waals surface area (Å²) >= 11 is 0. The van der Waals surface area contributed by atoms with Crippen LogP contribution in [0.4, 0.5) is 11.7 Å². The van der Waals surface area contributed by atoms with E-state index in [0.29, 0.717) is 41.4 Å². The van der Waals surface area contributed by atoms with Crippen LogP contribution < -0.4 is 21.1 Å². The maximum Gasteiger partial charge on any atom is 0.335 e. The lowest BCUT2D eigenvalue weighted by molar-refractivity contribution is 0.0696. The van der Waals surface area contributed by atoms with Gasteiger partial charge in [-0.15, -0.1) is 0 Å². The Labute approximate surface area is 166 Å². The van der Waals surface area contributed by atoms with Gasteiger partial charge in [0.25, 0.3) is 11.9 Å². The number of methoxy groups -OCH3 is 1. The Bertz CT molecular complexity index is 1010. The number of benzene rings is 2. The molecule has 1 heterocycles. The van der Waals surface area contributed by atoms with E-state index in [1.54, 1.807) is 30.3 Å². The Morgan fingerprint density at radius 2 is 1.93 bits per heavy atom. The summed E-state index contributed by atoms with van der Waals surface area (Å²) in [5, 5.41) is 14.7. The molecule has 150 valence electrons. The monoisotopic (exact) mass is 396 g/mol. The van der Waals surface area contributed by atoms with Gasteiger partial charge in [-0.2, -0.15) is 0 Å². The van der Waals surface area contributed by atoms with Crippen molar-refractivity contribution in [1.82, 2.24) is 10.3 Å². The molecule has 1 amide bonds. The van der Waals surface area contributed by atoms with E-state index in [0.717, 1.165) is 0 Å². The highest BCUT2D eigenvalue weighted by atomic mass is 16.5. The predicted molar refractivity (Wildman–Crippen MR) is 107 cm³/mol. The molecule has 9 heteroatoms. The van der Waals surface area contributed by atoms with E-state index in [1.165, 1.54) is 25.4 Å². The normalized spacial score (nSPS) is 10.4. The van der Waals surface area contributed by atoms with E-state index < -0.39 is 5.97 Å². The number of carbonyl (C=O) groups excluding carboxylic acids is 1. The Morgan fingerprint density at radius 1 is 1.17 bits per heavy atom. The van der Waals surface area contributed by atoms with Gasteiger partial charge in [-0.05, 0) is 24.3 Å². The van der Waals surface area contributed by atoms with Crippen molar-refractivity contribution in [1.29, 1.82) is 0 Å². The zero-order chi connectivity index (χ0) is 20.8. The van der Waals surface area contributed by atoms with Crippen LogP contribution in [0.15, 0.2) is 53.1 Å². The van der Waals surface area contributed by atoms with Crippen LogP contribution in [0.3, 0.4) is 0 Å². The fraction of sp³-hybridized carbons (Fsp3) is 0.150. The minimum Gasteiger partial charge on any atom is -0.497 e. The first-order valence-electron chi connectivity index (χ1n) is 8.74. The number of anilines is 2. The van der Waals surface area contributed by atoms with Gasteiger partial charge in [0, 0.05) is 36.0 Å². The topological polar surface area (TPSA) is 140 Å². The molecule has 29 heavy (non-hydrogen) atoms. The molecule has 0 saturated carbocycles. The third kappa shape index (κ3) is 4.90. The van der Waals surface area contributed by atoms with Gasteiger partial charge in [-0.1, -0.05) is 12.1 Å². The van der Waals surface area contributed by atoms with Crippen molar-refractivity contribution in [2.45, 2.75) is 0 Å². The largest absolute Gasteiger partial charge is 0.497 e. The molecule has 2 aromatic carbocycles. The van der Waals surface area contributed by atoms with Crippen LogP contribution in [0.1, 0.15) is 20.7 Å². The number of nitrogens with one attached hydrogen (secondary N) is 2. The maximum atomic E-state index is 12.2. The number of rotatable bonds is 8. The second-order valence-electron chi connectivity index (χ2n) is 6.03. The van der Waals surface area contributed by atoms with Gasteiger partial charge in [0.2, 0.25) is 0 Å². The number of carboxylic acid groups (broad SMARTS) is 1. The molecule has 0 aliphatic carbocycles. The molecular weight excluding hydrogens is 376 g/mol. The highest BCUT2D eigenvalue weighted by Gasteiger charge is 2.12. The summed E-state index contributed by atoms with van der Waals surface area (Å²) in [6.07, 6.45) is 1.52. The summed E-state index contributed by atoms with van der Waals surface area (Å²) in [5.74, 6) is -0.318. The van der Waals surface area contributed by atoms with Crippen molar-refractivity contribution >= 4 is 23.6 Å². The molecular formula is C20H20N4O5. The fourth-order valence-electron chi connectivity index (χ4n) is 2.57. The molecule has 0 atom stereocenters. The van der Waals surface area contributed by atoms with Crippen molar-refractivity contribution in [3.63, 3.8) is 0 Å². The Kier molecular flexibility index (Phi) is 6.10. The van der Waals surface area contributed by atoms with Gasteiger partial charge >= 0.3 is 5.97 Å². The summed E-state index contributed by atoms with van der Waals surface area (Å²) < 4.78 is 10.9. The summed E-state index contributed by atoms with van der Waals surface area (Å²) in [6, 6.07) is 11.4. The molecule has 0 saturated heterocycles. The third-order valence-corrected chi connectivity index (χ3v) is 4.01. The SMILES string of the molecule is COc1cc(Nc2ncc(-c3ccc(C(=O)O)cc3)o2)cc(C(=O)NCCN)c1. The Balaban J connectivity index is 1.79. The van der Waals surface area contributed by atoms with Crippen molar-refractivity contribution in [3.8, 4) is 17.1 Å². The average Bonchev–Trinajstić information content (AvgIpc) is 3.20. The minimum atomic E-state index is -0.999. The van der Waals surface area contributed by atoms with Crippen molar-refractivity contribution in [3.05, 3.63) is 59.8 Å². The number of oxazole rings is 1. The van der Waals surface area contributed by atoms with Crippen LogP contribution in [0.25, 0.3) is 11.3 Å². The smallest absolute Gasteiger partial charge is 0.335 e. The number of ether oxygens (including phenoxy) is 1. The van der Waals surface area contributed by atoms with Gasteiger partial charge in [-0.25, -0.2) is 9.78 Å². The number of aromatic nitrogens is 1. The molecule has 0 spiro atoms. The standard InChI is InChI=1S/C20H20N4O5/c1-28-16-9-14(18(25)22-7-6-21)8-15(10-16)24-20-23-11-17(29-20)12-2-4-13(5-3-12)19(26)27/h2-5,8-11H,6-7,21H2,1H3,(H,22,25)(H,23,24)(H,26,27). The number of amides is 1. The van der Waals surface area contributed by atoms with Crippen LogP contribution in [0.2, 0.25) is 0 Å². The summed E-state index contributed by atoms with van der Waals surface area (Å²) in [7, 11) is 1.50. The number of carboxylic acids is 1. The summed E-state index contributed by atoms with van der Waals surface area (Å²) in [4.78, 5) is 27.3. The first-order chi connectivity index (χ1) is 14.0. The van der Waals surface area contributed by atoms with E-state index in [1.807, 2.05) is 0 Å². The van der Waals surface area contributed by atoms with Gasteiger partial charge in [0.05, 0.1) is 18.9 Å². The lowest BCUT2D eigenvalue weighted by Crippen LogP contribution is -2.29. The molecule has 5 N–H and O–H groups in total. The van der Waals surface area contributed by atoms with Gasteiger partial charge in [0.15, 0.2) is 5.76 Å². The molecule has 1 aromatic heterocycles. The molecule has 0 unspecified atom stereocenters. The summed E-state index contributed by atoms with van der Waals surface area (Å²) in [5.41, 5.74) is 7.23. The van der Waals surface area contributed by atoms with Crippen molar-refractivity contribution < 1.29 is 23.8 Å². The number of nitrogens with zero attached hydrogens (tertiary/aromatic N) is 1. The van der Waals surface area contributed by atoms with Crippen LogP contribution in [-0.2, 0) is 0 Å². The second kappa shape index (κ2) is 8.89. The molecule has 9 nitrogen and oxygen atoms in total. The number of hydrogen-bond donors (Lipinski definition) is 4. The van der Waals surface area contributed by atoms with E-state index >= 15 is 0 Å². The molecule has 0 aliphatic rings. The number of hydrogen-bond acceptors (Lipinski definition) is 7. The molecule has 0 fully saturated rings. The van der Waals surface area contributed by atoms with Crippen LogP contribution in [0.5, 0.6) is 5.75 Å². The van der Waals surface area contributed by atoms with Crippen molar-refractivity contribution in [2.24, 2.45) is 5.73 Å². The maximum absolute atomic E-state index is 12.2. The van der Waals surface area contributed by atoms with Crippen molar-refractivity contribution in [2.75, 3.05) is 25.5 Å². The fourth-order valence-corrected chi connectivity index (χ4v) is 2.57. The second-order valence-corrected chi connectivity index (χ2v) is 6.03. The lowest BCUT2D eigenvalue weighted by Gasteiger charge is -2.09. The zero-order valence-corrected chi connectivity index (χ0v) is 15.6. The molecule has 3 rings (SSSR count). The number of aromatic carboxylic acids is 1. The quantitative estimate of drug-likeness (QED) is 0.455. The molecule has 0 aliphatic heterocycles. The Morgan fingerprint density at radius 3 is 2.59 bits per heavy atom. The van der Waals surface area contributed by atoms with Gasteiger partial charge < -0.3 is 30.6 Å². The Hall–Kier alpha value is -3.85.